The van der Waals surface area contributed by atoms with E-state index in [0.717, 1.165) is 34.8 Å². The molecule has 0 unspecified atom stereocenters. The predicted molar refractivity (Wildman–Crippen MR) is 101 cm³/mol. The standard InChI is InChI=1S/C19H21N3O3S/c1-22(2)26(24,25)16-10-5-9-15(13-16)19(23)21-20-18-12-6-8-14-7-3-4-11-17(14)18/h3-5,7,9-11,13H,6,8,12H2,1-2H3,(H,21,23)/b20-18-. The Balaban J connectivity index is 1.82. The Bertz CT molecular complexity index is 965. The van der Waals surface area contributed by atoms with Gasteiger partial charge in [-0.2, -0.15) is 5.10 Å². The van der Waals surface area contributed by atoms with Crippen LogP contribution < -0.4 is 5.43 Å². The van der Waals surface area contributed by atoms with Crippen molar-refractivity contribution in [2.45, 2.75) is 24.2 Å². The Morgan fingerprint density at radius 2 is 1.85 bits per heavy atom. The van der Waals surface area contributed by atoms with E-state index in [9.17, 15) is 13.2 Å². The maximum atomic E-state index is 12.4. The predicted octanol–water partition coefficient (Wildman–Crippen LogP) is 2.41. The Hall–Kier alpha value is -2.51. The highest BCUT2D eigenvalue weighted by Gasteiger charge is 2.19. The van der Waals surface area contributed by atoms with Gasteiger partial charge in [0.2, 0.25) is 10.0 Å². The summed E-state index contributed by atoms with van der Waals surface area (Å²) in [7, 11) is -0.685. The zero-order valence-electron chi connectivity index (χ0n) is 14.8. The van der Waals surface area contributed by atoms with Gasteiger partial charge in [0.1, 0.15) is 0 Å². The van der Waals surface area contributed by atoms with Crippen molar-refractivity contribution >= 4 is 21.6 Å². The van der Waals surface area contributed by atoms with E-state index in [2.05, 4.69) is 16.6 Å². The van der Waals surface area contributed by atoms with Gasteiger partial charge in [0.25, 0.3) is 5.91 Å². The van der Waals surface area contributed by atoms with Crippen molar-refractivity contribution in [2.75, 3.05) is 14.1 Å². The zero-order valence-corrected chi connectivity index (χ0v) is 15.6. The fourth-order valence-corrected chi connectivity index (χ4v) is 3.86. The minimum Gasteiger partial charge on any atom is -0.267 e. The molecule has 1 aliphatic carbocycles. The molecule has 2 aromatic carbocycles. The number of nitrogens with one attached hydrogen (secondary N) is 1. The van der Waals surface area contributed by atoms with Crippen LogP contribution in [0.3, 0.4) is 0 Å². The van der Waals surface area contributed by atoms with Gasteiger partial charge in [-0.25, -0.2) is 18.1 Å². The van der Waals surface area contributed by atoms with Gasteiger partial charge in [0, 0.05) is 25.2 Å². The summed E-state index contributed by atoms with van der Waals surface area (Å²) >= 11 is 0. The Morgan fingerprint density at radius 1 is 1.08 bits per heavy atom. The van der Waals surface area contributed by atoms with Gasteiger partial charge in [-0.05, 0) is 43.0 Å². The molecule has 0 aliphatic heterocycles. The summed E-state index contributed by atoms with van der Waals surface area (Å²) in [6.07, 6.45) is 2.79. The van der Waals surface area contributed by atoms with Crippen LogP contribution in [0.2, 0.25) is 0 Å². The summed E-state index contributed by atoms with van der Waals surface area (Å²) in [5, 5.41) is 4.29. The number of carbonyl (C=O) groups excluding carboxylic acids is 1. The van der Waals surface area contributed by atoms with Crippen molar-refractivity contribution in [1.82, 2.24) is 9.73 Å². The normalized spacial score (nSPS) is 15.7. The lowest BCUT2D eigenvalue weighted by molar-refractivity contribution is 0.0954. The van der Waals surface area contributed by atoms with E-state index in [-0.39, 0.29) is 10.5 Å². The summed E-state index contributed by atoms with van der Waals surface area (Å²) in [4.78, 5) is 12.5. The minimum absolute atomic E-state index is 0.0748. The first-order valence-electron chi connectivity index (χ1n) is 8.37. The monoisotopic (exact) mass is 371 g/mol. The molecule has 0 aromatic heterocycles. The number of aryl methyl sites for hydroxylation is 1. The third-order valence-corrected chi connectivity index (χ3v) is 6.17. The maximum absolute atomic E-state index is 12.4. The molecule has 0 saturated carbocycles. The fourth-order valence-electron chi connectivity index (χ4n) is 2.91. The number of hydrazone groups is 1. The molecule has 1 amide bonds. The van der Waals surface area contributed by atoms with Gasteiger partial charge >= 0.3 is 0 Å². The van der Waals surface area contributed by atoms with Gasteiger partial charge in [0.15, 0.2) is 0 Å². The lowest BCUT2D eigenvalue weighted by atomic mass is 9.90. The number of hydrogen-bond donors (Lipinski definition) is 1. The summed E-state index contributed by atoms with van der Waals surface area (Å²) in [5.74, 6) is -0.434. The van der Waals surface area contributed by atoms with Crippen LogP contribution in [0.1, 0.15) is 34.3 Å². The van der Waals surface area contributed by atoms with E-state index in [4.69, 9.17) is 0 Å². The third kappa shape index (κ3) is 3.68. The van der Waals surface area contributed by atoms with Gasteiger partial charge in [0.05, 0.1) is 10.6 Å². The van der Waals surface area contributed by atoms with E-state index < -0.39 is 15.9 Å². The van der Waals surface area contributed by atoms with E-state index >= 15 is 0 Å². The lowest BCUT2D eigenvalue weighted by Gasteiger charge is -2.17. The van der Waals surface area contributed by atoms with Crippen molar-refractivity contribution in [3.8, 4) is 0 Å². The van der Waals surface area contributed by atoms with Crippen LogP contribution >= 0.6 is 0 Å². The smallest absolute Gasteiger partial charge is 0.267 e. The molecule has 0 saturated heterocycles. The van der Waals surface area contributed by atoms with E-state index in [1.165, 1.54) is 31.8 Å². The van der Waals surface area contributed by atoms with Crippen LogP contribution in [0.5, 0.6) is 0 Å². The number of rotatable bonds is 4. The minimum atomic E-state index is -3.59. The molecule has 0 atom stereocenters. The van der Waals surface area contributed by atoms with Gasteiger partial charge in [-0.15, -0.1) is 0 Å². The van der Waals surface area contributed by atoms with Gasteiger partial charge in [-0.1, -0.05) is 30.3 Å². The molecule has 1 N–H and O–H groups in total. The highest BCUT2D eigenvalue weighted by molar-refractivity contribution is 7.89. The third-order valence-electron chi connectivity index (χ3n) is 4.36. The second-order valence-electron chi connectivity index (χ2n) is 6.33. The van der Waals surface area contributed by atoms with E-state index in [0.29, 0.717) is 0 Å². The number of nitrogens with zero attached hydrogens (tertiary/aromatic N) is 2. The molecule has 0 radical (unpaired) electrons. The van der Waals surface area contributed by atoms with E-state index in [1.807, 2.05) is 18.2 Å². The second kappa shape index (κ2) is 7.39. The van der Waals surface area contributed by atoms with Crippen LogP contribution in [0, 0.1) is 0 Å². The van der Waals surface area contributed by atoms with Gasteiger partial charge in [-0.3, -0.25) is 4.79 Å². The molecule has 3 rings (SSSR count). The SMILES string of the molecule is CN(C)S(=O)(=O)c1cccc(C(=O)N/N=C2/CCCc3ccccc32)c1. The molecule has 26 heavy (non-hydrogen) atoms. The molecule has 0 spiro atoms. The Morgan fingerprint density at radius 3 is 2.62 bits per heavy atom. The summed E-state index contributed by atoms with van der Waals surface area (Å²) < 4.78 is 25.5. The number of benzene rings is 2. The van der Waals surface area contributed by atoms with Crippen LogP contribution in [0.25, 0.3) is 0 Å². The first-order valence-corrected chi connectivity index (χ1v) is 9.81. The molecule has 1 aliphatic rings. The van der Waals surface area contributed by atoms with E-state index in [1.54, 1.807) is 12.1 Å². The maximum Gasteiger partial charge on any atom is 0.271 e. The molecular weight excluding hydrogens is 350 g/mol. The first-order chi connectivity index (χ1) is 12.4. The molecule has 6 nitrogen and oxygen atoms in total. The molecule has 2 aromatic rings. The van der Waals surface area contributed by atoms with Crippen LogP contribution in [0.15, 0.2) is 58.5 Å². The van der Waals surface area contributed by atoms with Crippen molar-refractivity contribution < 1.29 is 13.2 Å². The molecule has 7 heteroatoms. The molecule has 0 fully saturated rings. The summed E-state index contributed by atoms with van der Waals surface area (Å²) in [6, 6.07) is 14.0. The fraction of sp³-hybridized carbons (Fsp3) is 0.263. The number of carbonyl (C=O) groups is 1. The summed E-state index contributed by atoms with van der Waals surface area (Å²) in [6.45, 7) is 0. The highest BCUT2D eigenvalue weighted by atomic mass is 32.2. The number of fused-ring (bicyclic) bond motifs is 1. The lowest BCUT2D eigenvalue weighted by Crippen LogP contribution is -2.24. The number of amides is 1. The highest BCUT2D eigenvalue weighted by Crippen LogP contribution is 2.21. The first kappa shape index (κ1) is 18.3. The topological polar surface area (TPSA) is 78.8 Å². The van der Waals surface area contributed by atoms with Crippen LogP contribution in [-0.2, 0) is 16.4 Å². The van der Waals surface area contributed by atoms with Crippen molar-refractivity contribution in [1.29, 1.82) is 0 Å². The quantitative estimate of drug-likeness (QED) is 0.838. The Labute approximate surface area is 153 Å². The molecule has 0 bridgehead atoms. The Kier molecular flexibility index (Phi) is 5.20. The molecular formula is C19H21N3O3S. The van der Waals surface area contributed by atoms with Crippen LogP contribution in [0.4, 0.5) is 0 Å². The largest absolute Gasteiger partial charge is 0.271 e. The van der Waals surface area contributed by atoms with Crippen LogP contribution in [-0.4, -0.2) is 38.4 Å². The number of sulfonamides is 1. The average Bonchev–Trinajstić information content (AvgIpc) is 2.66. The molecule has 136 valence electrons. The van der Waals surface area contributed by atoms with Crippen molar-refractivity contribution in [2.24, 2.45) is 5.10 Å². The van der Waals surface area contributed by atoms with Crippen molar-refractivity contribution in [3.05, 3.63) is 65.2 Å². The number of hydrogen-bond acceptors (Lipinski definition) is 4. The average molecular weight is 371 g/mol. The zero-order chi connectivity index (χ0) is 18.7. The summed E-state index contributed by atoms with van der Waals surface area (Å²) in [5.41, 5.74) is 5.94. The second-order valence-corrected chi connectivity index (χ2v) is 8.48. The van der Waals surface area contributed by atoms with Gasteiger partial charge < -0.3 is 0 Å². The molecule has 0 heterocycles. The van der Waals surface area contributed by atoms with Crippen molar-refractivity contribution in [3.63, 3.8) is 0 Å².